The number of hydrogen-bond acceptors (Lipinski definition) is 2. The Morgan fingerprint density at radius 3 is 1.82 bits per heavy atom. The second-order valence-corrected chi connectivity index (χ2v) is 13.3. The van der Waals surface area contributed by atoms with Crippen LogP contribution in [0.1, 0.15) is 0 Å². The van der Waals surface area contributed by atoms with E-state index in [0.717, 1.165) is 33.1 Å². The van der Waals surface area contributed by atoms with Gasteiger partial charge in [0.2, 0.25) is 0 Å². The molecule has 0 N–H and O–H groups in total. The van der Waals surface area contributed by atoms with Crippen molar-refractivity contribution in [2.24, 2.45) is 0 Å². The fourth-order valence-electron chi connectivity index (χ4n) is 8.45. The molecule has 0 amide bonds. The highest BCUT2D eigenvalue weighted by Crippen LogP contribution is 2.58. The summed E-state index contributed by atoms with van der Waals surface area (Å²) in [6, 6.07) is 59.6. The van der Waals surface area contributed by atoms with E-state index in [4.69, 9.17) is 9.97 Å². The van der Waals surface area contributed by atoms with Crippen LogP contribution in [-0.4, -0.2) is 9.97 Å². The van der Waals surface area contributed by atoms with Crippen molar-refractivity contribution in [2.45, 2.75) is 0 Å². The van der Waals surface area contributed by atoms with Gasteiger partial charge >= 0.3 is 0 Å². The predicted octanol–water partition coefficient (Wildman–Crippen LogP) is 12.9. The lowest BCUT2D eigenvalue weighted by molar-refractivity contribution is 1.37. The molecule has 0 bridgehead atoms. The lowest BCUT2D eigenvalue weighted by Crippen LogP contribution is -1.95. The Balaban J connectivity index is 1.30. The average molecular weight is 633 g/mol. The molecule has 0 saturated heterocycles. The molecule has 11 rings (SSSR count). The molecule has 0 saturated carbocycles. The molecule has 0 spiro atoms. The average Bonchev–Trinajstić information content (AvgIpc) is 3.51. The minimum Gasteiger partial charge on any atom is -0.254 e. The standard InChI is InChI=1S/C48H28N2/c1-3-11-29(12-4-1)42-37-24-22-34(41-25-23-32-21-20-31-16-10-26-49-47(31)48(32)50-41)28-39(37)43(30-13-5-2-6-14-30)45-38-19-9-18-36-35-17-8-7-15-33(35)27-40(44(36)38)46(42)45/h1-28H. The summed E-state index contributed by atoms with van der Waals surface area (Å²) in [5, 5.41) is 9.84. The first-order chi connectivity index (χ1) is 24.8. The molecule has 2 aromatic heterocycles. The van der Waals surface area contributed by atoms with Crippen molar-refractivity contribution in [2.75, 3.05) is 0 Å². The Morgan fingerprint density at radius 1 is 0.340 bits per heavy atom. The highest BCUT2D eigenvalue weighted by atomic mass is 14.7. The lowest BCUT2D eigenvalue weighted by atomic mass is 9.82. The van der Waals surface area contributed by atoms with Gasteiger partial charge in [-0.15, -0.1) is 0 Å². The second-order valence-electron chi connectivity index (χ2n) is 13.3. The van der Waals surface area contributed by atoms with Crippen LogP contribution in [-0.2, 0) is 0 Å². The Morgan fingerprint density at radius 2 is 1.00 bits per heavy atom. The van der Waals surface area contributed by atoms with Crippen molar-refractivity contribution in [1.29, 1.82) is 0 Å². The largest absolute Gasteiger partial charge is 0.254 e. The number of nitrogens with zero attached hydrogens (tertiary/aromatic N) is 2. The maximum absolute atomic E-state index is 5.27. The van der Waals surface area contributed by atoms with Crippen molar-refractivity contribution < 1.29 is 0 Å². The fraction of sp³-hybridized carbons (Fsp3) is 0. The quantitative estimate of drug-likeness (QED) is 0.181. The van der Waals surface area contributed by atoms with Crippen LogP contribution >= 0.6 is 0 Å². The zero-order valence-electron chi connectivity index (χ0n) is 27.1. The molecule has 2 heteroatoms. The molecule has 1 aliphatic rings. The van der Waals surface area contributed by atoms with Crippen LogP contribution in [0, 0.1) is 0 Å². The van der Waals surface area contributed by atoms with E-state index in [1.807, 2.05) is 12.3 Å². The second kappa shape index (κ2) is 10.4. The van der Waals surface area contributed by atoms with E-state index in [1.165, 1.54) is 76.8 Å². The number of pyridine rings is 2. The van der Waals surface area contributed by atoms with Gasteiger partial charge in [-0.3, -0.25) is 4.98 Å². The molecule has 0 radical (unpaired) electrons. The molecule has 10 aromatic rings. The monoisotopic (exact) mass is 632 g/mol. The van der Waals surface area contributed by atoms with E-state index in [0.29, 0.717) is 0 Å². The molecule has 2 nitrogen and oxygen atoms in total. The van der Waals surface area contributed by atoms with Gasteiger partial charge in [-0.05, 0) is 101 Å². The molecular weight excluding hydrogens is 605 g/mol. The molecule has 2 heterocycles. The Kier molecular flexibility index (Phi) is 5.70. The van der Waals surface area contributed by atoms with Gasteiger partial charge in [0.15, 0.2) is 0 Å². The first-order valence-electron chi connectivity index (χ1n) is 17.2. The third-order valence-corrected chi connectivity index (χ3v) is 10.6. The minimum absolute atomic E-state index is 0.928. The first kappa shape index (κ1) is 27.3. The lowest BCUT2D eigenvalue weighted by Gasteiger charge is -2.21. The van der Waals surface area contributed by atoms with Crippen LogP contribution < -0.4 is 0 Å². The van der Waals surface area contributed by atoms with Gasteiger partial charge in [0, 0.05) is 22.5 Å². The van der Waals surface area contributed by atoms with E-state index < -0.39 is 0 Å². The fourth-order valence-corrected chi connectivity index (χ4v) is 8.45. The van der Waals surface area contributed by atoms with E-state index in [1.54, 1.807) is 0 Å². The number of rotatable bonds is 3. The smallest absolute Gasteiger partial charge is 0.0972 e. The van der Waals surface area contributed by atoms with Gasteiger partial charge in [0.25, 0.3) is 0 Å². The van der Waals surface area contributed by atoms with Gasteiger partial charge in [-0.2, -0.15) is 0 Å². The summed E-state index contributed by atoms with van der Waals surface area (Å²) in [5.74, 6) is 0. The summed E-state index contributed by atoms with van der Waals surface area (Å²) in [5.41, 5.74) is 14.1. The Bertz CT molecular complexity index is 3020. The summed E-state index contributed by atoms with van der Waals surface area (Å²) in [4.78, 5) is 10.00. The SMILES string of the molecule is c1ccc(-c2c3c(c(-c4ccccc4)c4cc(-c5ccc6ccc7cccnc7c6n5)ccc24)-c2cccc4c2c-3cc2ccccc24)cc1. The molecule has 1 aliphatic carbocycles. The van der Waals surface area contributed by atoms with E-state index >= 15 is 0 Å². The maximum atomic E-state index is 5.27. The number of fused-ring (bicyclic) bond motifs is 9. The van der Waals surface area contributed by atoms with Crippen LogP contribution in [0.2, 0.25) is 0 Å². The van der Waals surface area contributed by atoms with Gasteiger partial charge in [-0.25, -0.2) is 4.98 Å². The molecule has 230 valence electrons. The minimum atomic E-state index is 0.928. The van der Waals surface area contributed by atoms with E-state index in [9.17, 15) is 0 Å². The molecule has 8 aromatic carbocycles. The van der Waals surface area contributed by atoms with Crippen LogP contribution in [0.5, 0.6) is 0 Å². The number of benzene rings is 8. The van der Waals surface area contributed by atoms with Crippen LogP contribution in [0.15, 0.2) is 170 Å². The summed E-state index contributed by atoms with van der Waals surface area (Å²) in [6.45, 7) is 0. The first-order valence-corrected chi connectivity index (χ1v) is 17.2. The van der Waals surface area contributed by atoms with Crippen molar-refractivity contribution in [3.8, 4) is 55.8 Å². The predicted molar refractivity (Wildman–Crippen MR) is 210 cm³/mol. The van der Waals surface area contributed by atoms with Crippen molar-refractivity contribution in [1.82, 2.24) is 9.97 Å². The molecule has 50 heavy (non-hydrogen) atoms. The Labute approximate surface area is 289 Å². The topological polar surface area (TPSA) is 25.8 Å². The van der Waals surface area contributed by atoms with E-state index in [-0.39, 0.29) is 0 Å². The van der Waals surface area contributed by atoms with Crippen molar-refractivity contribution in [3.05, 3.63) is 170 Å². The molecular formula is C48H28N2. The van der Waals surface area contributed by atoms with Crippen molar-refractivity contribution >= 4 is 54.1 Å². The van der Waals surface area contributed by atoms with Crippen LogP contribution in [0.4, 0.5) is 0 Å². The zero-order chi connectivity index (χ0) is 32.8. The van der Waals surface area contributed by atoms with E-state index in [2.05, 4.69) is 158 Å². The Hall–Kier alpha value is -6.64. The highest BCUT2D eigenvalue weighted by molar-refractivity contribution is 6.31. The third-order valence-electron chi connectivity index (χ3n) is 10.6. The van der Waals surface area contributed by atoms with Crippen LogP contribution in [0.3, 0.4) is 0 Å². The summed E-state index contributed by atoms with van der Waals surface area (Å²) in [7, 11) is 0. The van der Waals surface area contributed by atoms with Crippen LogP contribution in [0.25, 0.3) is 110 Å². The maximum Gasteiger partial charge on any atom is 0.0972 e. The van der Waals surface area contributed by atoms with Gasteiger partial charge in [0.1, 0.15) is 0 Å². The molecule has 0 atom stereocenters. The van der Waals surface area contributed by atoms with Gasteiger partial charge in [0.05, 0.1) is 16.7 Å². The highest BCUT2D eigenvalue weighted by Gasteiger charge is 2.31. The number of hydrogen-bond donors (Lipinski definition) is 0. The number of aromatic nitrogens is 2. The van der Waals surface area contributed by atoms with Gasteiger partial charge < -0.3 is 0 Å². The van der Waals surface area contributed by atoms with Gasteiger partial charge in [-0.1, -0.05) is 140 Å². The zero-order valence-corrected chi connectivity index (χ0v) is 27.1. The third kappa shape index (κ3) is 3.85. The molecule has 0 unspecified atom stereocenters. The summed E-state index contributed by atoms with van der Waals surface area (Å²) >= 11 is 0. The van der Waals surface area contributed by atoms with Crippen molar-refractivity contribution in [3.63, 3.8) is 0 Å². The normalized spacial score (nSPS) is 12.0. The molecule has 0 fully saturated rings. The summed E-state index contributed by atoms with van der Waals surface area (Å²) in [6.07, 6.45) is 1.85. The molecule has 0 aliphatic heterocycles. The summed E-state index contributed by atoms with van der Waals surface area (Å²) < 4.78 is 0.